The Balaban J connectivity index is 2.77. The molecule has 0 saturated carbocycles. The number of methoxy groups -OCH3 is 1. The van der Waals surface area contributed by atoms with Crippen molar-refractivity contribution in [2.75, 3.05) is 20.3 Å². The minimum atomic E-state index is -0.509. The lowest BCUT2D eigenvalue weighted by molar-refractivity contribution is -0.385. The number of nitrogens with one attached hydrogen (secondary N) is 1. The summed E-state index contributed by atoms with van der Waals surface area (Å²) in [4.78, 5) is 21.4. The van der Waals surface area contributed by atoms with Gasteiger partial charge in [0.25, 0.3) is 0 Å². The zero-order chi connectivity index (χ0) is 15.0. The molecule has 0 saturated heterocycles. The van der Waals surface area contributed by atoms with Crippen LogP contribution in [0, 0.1) is 10.1 Å². The van der Waals surface area contributed by atoms with Gasteiger partial charge in [-0.05, 0) is 18.2 Å². The number of hydrogen-bond acceptors (Lipinski definition) is 6. The van der Waals surface area contributed by atoms with Crippen molar-refractivity contribution in [1.82, 2.24) is 5.32 Å². The standard InChI is InChI=1S/C13H18N2O5/c1-3-14-9-10-4-5-11(15(17)18)12(8-10)20-7-6-13(16)19-2/h4-5,8,14H,3,6-7,9H2,1-2H3. The van der Waals surface area contributed by atoms with E-state index in [-0.39, 0.29) is 24.5 Å². The monoisotopic (exact) mass is 282 g/mol. The second kappa shape index (κ2) is 8.11. The highest BCUT2D eigenvalue weighted by molar-refractivity contribution is 5.69. The fourth-order valence-corrected chi connectivity index (χ4v) is 1.55. The molecule has 7 nitrogen and oxygen atoms in total. The molecule has 0 bridgehead atoms. The Kier molecular flexibility index (Phi) is 6.45. The molecule has 0 spiro atoms. The van der Waals surface area contributed by atoms with E-state index in [4.69, 9.17) is 4.74 Å². The number of ether oxygens (including phenoxy) is 2. The first-order valence-electron chi connectivity index (χ1n) is 6.26. The van der Waals surface area contributed by atoms with Crippen LogP contribution in [0.25, 0.3) is 0 Å². The predicted octanol–water partition coefficient (Wildman–Crippen LogP) is 1.65. The van der Waals surface area contributed by atoms with Gasteiger partial charge in [0, 0.05) is 12.6 Å². The molecule has 1 aromatic rings. The highest BCUT2D eigenvalue weighted by Gasteiger charge is 2.16. The van der Waals surface area contributed by atoms with Crippen molar-refractivity contribution in [3.63, 3.8) is 0 Å². The van der Waals surface area contributed by atoms with Crippen molar-refractivity contribution in [2.45, 2.75) is 19.9 Å². The van der Waals surface area contributed by atoms with Crippen LogP contribution in [0.3, 0.4) is 0 Å². The first-order valence-corrected chi connectivity index (χ1v) is 6.26. The van der Waals surface area contributed by atoms with Gasteiger partial charge in [-0.1, -0.05) is 13.0 Å². The molecule has 0 amide bonds. The summed E-state index contributed by atoms with van der Waals surface area (Å²) in [6, 6.07) is 4.69. The highest BCUT2D eigenvalue weighted by atomic mass is 16.6. The van der Waals surface area contributed by atoms with Crippen LogP contribution in [-0.4, -0.2) is 31.2 Å². The maximum Gasteiger partial charge on any atom is 0.310 e. The van der Waals surface area contributed by atoms with E-state index in [1.165, 1.54) is 13.2 Å². The molecule has 0 unspecified atom stereocenters. The van der Waals surface area contributed by atoms with E-state index in [1.807, 2.05) is 6.92 Å². The Morgan fingerprint density at radius 3 is 2.80 bits per heavy atom. The molecule has 0 aromatic heterocycles. The molecule has 1 N–H and O–H groups in total. The summed E-state index contributed by atoms with van der Waals surface area (Å²) in [6.45, 7) is 3.41. The molecule has 110 valence electrons. The van der Waals surface area contributed by atoms with Crippen LogP contribution in [0.4, 0.5) is 5.69 Å². The average Bonchev–Trinajstić information content (AvgIpc) is 2.44. The number of benzene rings is 1. The van der Waals surface area contributed by atoms with Crippen LogP contribution in [0.2, 0.25) is 0 Å². The topological polar surface area (TPSA) is 90.7 Å². The molecule has 0 aliphatic rings. The molecular weight excluding hydrogens is 264 g/mol. The molecular formula is C13H18N2O5. The normalized spacial score (nSPS) is 10.1. The number of nitro groups is 1. The molecule has 0 aliphatic carbocycles. The van der Waals surface area contributed by atoms with E-state index >= 15 is 0 Å². The largest absolute Gasteiger partial charge is 0.486 e. The predicted molar refractivity (Wildman–Crippen MR) is 72.6 cm³/mol. The first-order chi connectivity index (χ1) is 9.58. The third-order valence-corrected chi connectivity index (χ3v) is 2.59. The average molecular weight is 282 g/mol. The fraction of sp³-hybridized carbons (Fsp3) is 0.462. The number of hydrogen-bond donors (Lipinski definition) is 1. The van der Waals surface area contributed by atoms with E-state index < -0.39 is 10.9 Å². The molecule has 7 heteroatoms. The smallest absolute Gasteiger partial charge is 0.310 e. The van der Waals surface area contributed by atoms with Gasteiger partial charge >= 0.3 is 11.7 Å². The summed E-state index contributed by atoms with van der Waals surface area (Å²) < 4.78 is 9.80. The Labute approximate surface area is 117 Å². The van der Waals surface area contributed by atoms with E-state index in [0.29, 0.717) is 6.54 Å². The van der Waals surface area contributed by atoms with Crippen LogP contribution in [0.15, 0.2) is 18.2 Å². The quantitative estimate of drug-likeness (QED) is 0.443. The summed E-state index contributed by atoms with van der Waals surface area (Å²) in [7, 11) is 1.28. The third-order valence-electron chi connectivity index (χ3n) is 2.59. The third kappa shape index (κ3) is 4.85. The van der Waals surface area contributed by atoms with Gasteiger partial charge in [-0.25, -0.2) is 0 Å². The molecule has 0 radical (unpaired) electrons. The number of rotatable bonds is 8. The molecule has 0 fully saturated rings. The number of esters is 1. The second-order valence-electron chi connectivity index (χ2n) is 4.01. The van der Waals surface area contributed by atoms with Gasteiger partial charge in [0.2, 0.25) is 0 Å². The highest BCUT2D eigenvalue weighted by Crippen LogP contribution is 2.28. The summed E-state index contributed by atoms with van der Waals surface area (Å²) >= 11 is 0. The van der Waals surface area contributed by atoms with Crippen molar-refractivity contribution >= 4 is 11.7 Å². The molecule has 1 aromatic carbocycles. The van der Waals surface area contributed by atoms with Gasteiger partial charge in [-0.3, -0.25) is 14.9 Å². The molecule has 20 heavy (non-hydrogen) atoms. The van der Waals surface area contributed by atoms with E-state index in [1.54, 1.807) is 12.1 Å². The lowest BCUT2D eigenvalue weighted by Crippen LogP contribution is -2.12. The van der Waals surface area contributed by atoms with E-state index in [2.05, 4.69) is 10.1 Å². The van der Waals surface area contributed by atoms with Crippen LogP contribution in [-0.2, 0) is 16.1 Å². The summed E-state index contributed by atoms with van der Waals surface area (Å²) in [5, 5.41) is 14.0. The lowest BCUT2D eigenvalue weighted by Gasteiger charge is -2.08. The van der Waals surface area contributed by atoms with Crippen molar-refractivity contribution in [3.05, 3.63) is 33.9 Å². The van der Waals surface area contributed by atoms with Gasteiger partial charge in [0.15, 0.2) is 5.75 Å². The van der Waals surface area contributed by atoms with Crippen LogP contribution in [0.1, 0.15) is 18.9 Å². The van der Waals surface area contributed by atoms with Crippen molar-refractivity contribution in [1.29, 1.82) is 0 Å². The Bertz CT molecular complexity index is 476. The lowest BCUT2D eigenvalue weighted by atomic mass is 10.2. The minimum Gasteiger partial charge on any atom is -0.486 e. The minimum absolute atomic E-state index is 0.0399. The number of nitrogens with zero attached hydrogens (tertiary/aromatic N) is 1. The number of nitro benzene ring substituents is 1. The van der Waals surface area contributed by atoms with Gasteiger partial charge < -0.3 is 14.8 Å². The zero-order valence-electron chi connectivity index (χ0n) is 11.5. The number of carbonyl (C=O) groups is 1. The van der Waals surface area contributed by atoms with Gasteiger partial charge in [0.1, 0.15) is 0 Å². The van der Waals surface area contributed by atoms with Crippen molar-refractivity contribution in [2.24, 2.45) is 0 Å². The SMILES string of the molecule is CCNCc1ccc([N+](=O)[O-])c(OCCC(=O)OC)c1. The summed E-state index contributed by atoms with van der Waals surface area (Å²) in [6.07, 6.45) is 0.0467. The fourth-order valence-electron chi connectivity index (χ4n) is 1.55. The summed E-state index contributed by atoms with van der Waals surface area (Å²) in [5.41, 5.74) is 0.764. The second-order valence-corrected chi connectivity index (χ2v) is 4.01. The molecule has 1 rings (SSSR count). The molecule has 0 heterocycles. The zero-order valence-corrected chi connectivity index (χ0v) is 11.5. The molecule has 0 atom stereocenters. The maximum absolute atomic E-state index is 11.0. The van der Waals surface area contributed by atoms with E-state index in [0.717, 1.165) is 12.1 Å². The maximum atomic E-state index is 11.0. The Morgan fingerprint density at radius 1 is 1.45 bits per heavy atom. The Hall–Kier alpha value is -2.15. The summed E-state index contributed by atoms with van der Waals surface area (Å²) in [5.74, 6) is -0.259. The van der Waals surface area contributed by atoms with Gasteiger partial charge in [-0.2, -0.15) is 0 Å². The van der Waals surface area contributed by atoms with Crippen molar-refractivity contribution < 1.29 is 19.2 Å². The van der Waals surface area contributed by atoms with Crippen molar-refractivity contribution in [3.8, 4) is 5.75 Å². The van der Waals surface area contributed by atoms with Crippen LogP contribution in [0.5, 0.6) is 5.75 Å². The van der Waals surface area contributed by atoms with Gasteiger partial charge in [0.05, 0.1) is 25.1 Å². The van der Waals surface area contributed by atoms with Crippen LogP contribution >= 0.6 is 0 Å². The number of carbonyl (C=O) groups excluding carboxylic acids is 1. The van der Waals surface area contributed by atoms with Crippen LogP contribution < -0.4 is 10.1 Å². The van der Waals surface area contributed by atoms with Gasteiger partial charge in [-0.15, -0.1) is 0 Å². The molecule has 0 aliphatic heterocycles. The Morgan fingerprint density at radius 2 is 2.20 bits per heavy atom. The first kappa shape index (κ1) is 15.9. The van der Waals surface area contributed by atoms with E-state index in [9.17, 15) is 14.9 Å².